The molecule has 0 heterocycles. The van der Waals surface area contributed by atoms with Gasteiger partial charge in [-0.3, -0.25) is 0 Å². The summed E-state index contributed by atoms with van der Waals surface area (Å²) in [5, 5.41) is 12.8. The Hall–Kier alpha value is -1.10. The van der Waals surface area contributed by atoms with Crippen LogP contribution in [0, 0.1) is 13.8 Å². The zero-order chi connectivity index (χ0) is 14.3. The van der Waals surface area contributed by atoms with Gasteiger partial charge in [-0.15, -0.1) is 0 Å². The smallest absolute Gasteiger partial charge is 0.125 e. The van der Waals surface area contributed by atoms with Gasteiger partial charge in [0.1, 0.15) is 18.5 Å². The van der Waals surface area contributed by atoms with Crippen LogP contribution in [0.5, 0.6) is 5.75 Å². The third-order valence-electron chi connectivity index (χ3n) is 2.84. The molecule has 4 nitrogen and oxygen atoms in total. The Morgan fingerprint density at radius 1 is 1.21 bits per heavy atom. The standard InChI is InChI=1S/C15H25NO3/c1-5-18-9-14(17)10-19-15-11(2)6-13(8-16-4)7-12(15)3/h6-7,14,16-17H,5,8-10H2,1-4H3. The molecule has 1 aromatic carbocycles. The van der Waals surface area contributed by atoms with Gasteiger partial charge in [0.15, 0.2) is 0 Å². The topological polar surface area (TPSA) is 50.7 Å². The number of rotatable bonds is 8. The van der Waals surface area contributed by atoms with E-state index in [1.807, 2.05) is 27.8 Å². The molecule has 2 N–H and O–H groups in total. The van der Waals surface area contributed by atoms with Gasteiger partial charge >= 0.3 is 0 Å². The van der Waals surface area contributed by atoms with Crippen molar-refractivity contribution >= 4 is 0 Å². The number of hydrogen-bond acceptors (Lipinski definition) is 4. The van der Waals surface area contributed by atoms with Crippen LogP contribution < -0.4 is 10.1 Å². The lowest BCUT2D eigenvalue weighted by Gasteiger charge is -2.16. The number of aryl methyl sites for hydroxylation is 2. The summed E-state index contributed by atoms with van der Waals surface area (Å²) in [4.78, 5) is 0. The first-order valence-electron chi connectivity index (χ1n) is 6.71. The van der Waals surface area contributed by atoms with Crippen molar-refractivity contribution in [2.24, 2.45) is 0 Å². The zero-order valence-corrected chi connectivity index (χ0v) is 12.3. The van der Waals surface area contributed by atoms with E-state index in [1.54, 1.807) is 0 Å². The first-order valence-corrected chi connectivity index (χ1v) is 6.71. The summed E-state index contributed by atoms with van der Waals surface area (Å²) in [6.45, 7) is 7.97. The van der Waals surface area contributed by atoms with Crippen LogP contribution in [0.3, 0.4) is 0 Å². The highest BCUT2D eigenvalue weighted by molar-refractivity contribution is 5.43. The van der Waals surface area contributed by atoms with Crippen molar-refractivity contribution in [1.29, 1.82) is 0 Å². The predicted molar refractivity (Wildman–Crippen MR) is 76.7 cm³/mol. The minimum atomic E-state index is -0.587. The molecule has 1 aromatic rings. The van der Waals surface area contributed by atoms with Crippen molar-refractivity contribution < 1.29 is 14.6 Å². The maximum Gasteiger partial charge on any atom is 0.125 e. The SMILES string of the molecule is CCOCC(O)COc1c(C)cc(CNC)cc1C. The van der Waals surface area contributed by atoms with Crippen molar-refractivity contribution in [3.63, 3.8) is 0 Å². The average molecular weight is 267 g/mol. The number of nitrogens with one attached hydrogen (secondary N) is 1. The zero-order valence-electron chi connectivity index (χ0n) is 12.3. The fraction of sp³-hybridized carbons (Fsp3) is 0.600. The fourth-order valence-electron chi connectivity index (χ4n) is 2.06. The number of ether oxygens (including phenoxy) is 2. The Kier molecular flexibility index (Phi) is 6.84. The second kappa shape index (κ2) is 8.15. The van der Waals surface area contributed by atoms with E-state index in [0.717, 1.165) is 23.4 Å². The maximum absolute atomic E-state index is 9.70. The maximum atomic E-state index is 9.70. The minimum Gasteiger partial charge on any atom is -0.490 e. The third-order valence-corrected chi connectivity index (χ3v) is 2.84. The summed E-state index contributed by atoms with van der Waals surface area (Å²) >= 11 is 0. The van der Waals surface area contributed by atoms with Crippen LogP contribution in [-0.4, -0.2) is 38.1 Å². The van der Waals surface area contributed by atoms with E-state index in [0.29, 0.717) is 13.2 Å². The van der Waals surface area contributed by atoms with Crippen molar-refractivity contribution in [3.05, 3.63) is 28.8 Å². The quantitative estimate of drug-likeness (QED) is 0.754. The van der Waals surface area contributed by atoms with E-state index >= 15 is 0 Å². The number of hydrogen-bond donors (Lipinski definition) is 2. The molecule has 0 aromatic heterocycles. The second-order valence-electron chi connectivity index (χ2n) is 4.71. The largest absolute Gasteiger partial charge is 0.490 e. The molecule has 0 aliphatic heterocycles. The third kappa shape index (κ3) is 5.19. The molecule has 108 valence electrons. The van der Waals surface area contributed by atoms with Crippen molar-refractivity contribution in [3.8, 4) is 5.75 Å². The van der Waals surface area contributed by atoms with Crippen LogP contribution in [0.1, 0.15) is 23.6 Å². The van der Waals surface area contributed by atoms with Crippen LogP contribution in [-0.2, 0) is 11.3 Å². The van der Waals surface area contributed by atoms with E-state index in [4.69, 9.17) is 9.47 Å². The molecular weight excluding hydrogens is 242 g/mol. The van der Waals surface area contributed by atoms with E-state index in [9.17, 15) is 5.11 Å². The van der Waals surface area contributed by atoms with Gasteiger partial charge in [-0.25, -0.2) is 0 Å². The molecule has 0 fully saturated rings. The summed E-state index contributed by atoms with van der Waals surface area (Å²) in [6, 6.07) is 4.21. The summed E-state index contributed by atoms with van der Waals surface area (Å²) in [5.74, 6) is 0.857. The van der Waals surface area contributed by atoms with Gasteiger partial charge in [-0.2, -0.15) is 0 Å². The van der Waals surface area contributed by atoms with Gasteiger partial charge in [0.05, 0.1) is 6.61 Å². The summed E-state index contributed by atoms with van der Waals surface area (Å²) in [6.07, 6.45) is -0.587. The Labute approximate surface area is 115 Å². The molecule has 0 saturated heterocycles. The number of aliphatic hydroxyl groups is 1. The Morgan fingerprint density at radius 3 is 2.37 bits per heavy atom. The molecule has 0 spiro atoms. The summed E-state index contributed by atoms with van der Waals surface area (Å²) in [7, 11) is 1.93. The van der Waals surface area contributed by atoms with Crippen molar-refractivity contribution in [2.75, 3.05) is 26.9 Å². The molecule has 1 rings (SSSR count). The van der Waals surface area contributed by atoms with E-state index in [-0.39, 0.29) is 6.61 Å². The first-order chi connectivity index (χ1) is 9.08. The fourth-order valence-corrected chi connectivity index (χ4v) is 2.06. The molecule has 1 unspecified atom stereocenters. The average Bonchev–Trinajstić information content (AvgIpc) is 2.35. The van der Waals surface area contributed by atoms with Crippen LogP contribution in [0.2, 0.25) is 0 Å². The van der Waals surface area contributed by atoms with Crippen LogP contribution in [0.15, 0.2) is 12.1 Å². The van der Waals surface area contributed by atoms with Gasteiger partial charge in [0.2, 0.25) is 0 Å². The molecule has 4 heteroatoms. The first kappa shape index (κ1) is 16.0. The summed E-state index contributed by atoms with van der Waals surface area (Å²) in [5.41, 5.74) is 3.42. The van der Waals surface area contributed by atoms with Crippen molar-refractivity contribution in [1.82, 2.24) is 5.32 Å². The molecule has 19 heavy (non-hydrogen) atoms. The van der Waals surface area contributed by atoms with Crippen LogP contribution in [0.4, 0.5) is 0 Å². The molecular formula is C15H25NO3. The Balaban J connectivity index is 2.63. The van der Waals surface area contributed by atoms with Gasteiger partial charge in [0.25, 0.3) is 0 Å². The van der Waals surface area contributed by atoms with Gasteiger partial charge in [-0.05, 0) is 44.5 Å². The second-order valence-corrected chi connectivity index (χ2v) is 4.71. The van der Waals surface area contributed by atoms with Crippen LogP contribution in [0.25, 0.3) is 0 Å². The predicted octanol–water partition coefficient (Wildman–Crippen LogP) is 1.80. The lowest BCUT2D eigenvalue weighted by atomic mass is 10.1. The highest BCUT2D eigenvalue weighted by Crippen LogP contribution is 2.25. The number of benzene rings is 1. The minimum absolute atomic E-state index is 0.257. The lowest BCUT2D eigenvalue weighted by molar-refractivity contribution is 0.0162. The van der Waals surface area contributed by atoms with E-state index in [2.05, 4.69) is 17.4 Å². The highest BCUT2D eigenvalue weighted by atomic mass is 16.5. The van der Waals surface area contributed by atoms with Crippen LogP contribution >= 0.6 is 0 Å². The molecule has 0 bridgehead atoms. The monoisotopic (exact) mass is 267 g/mol. The molecule has 0 radical (unpaired) electrons. The molecule has 1 atom stereocenters. The van der Waals surface area contributed by atoms with Crippen molar-refractivity contribution in [2.45, 2.75) is 33.4 Å². The molecule has 0 aliphatic rings. The highest BCUT2D eigenvalue weighted by Gasteiger charge is 2.10. The molecule has 0 amide bonds. The van der Waals surface area contributed by atoms with Gasteiger partial charge in [0, 0.05) is 13.2 Å². The Bertz CT molecular complexity index is 370. The van der Waals surface area contributed by atoms with Gasteiger partial charge < -0.3 is 19.9 Å². The number of aliphatic hydroxyl groups excluding tert-OH is 1. The van der Waals surface area contributed by atoms with E-state index < -0.39 is 6.10 Å². The van der Waals surface area contributed by atoms with E-state index in [1.165, 1.54) is 5.56 Å². The summed E-state index contributed by atoms with van der Waals surface area (Å²) < 4.78 is 10.9. The molecule has 0 saturated carbocycles. The Morgan fingerprint density at radius 2 is 1.84 bits per heavy atom. The van der Waals surface area contributed by atoms with Gasteiger partial charge in [-0.1, -0.05) is 12.1 Å². The normalized spacial score (nSPS) is 12.5. The lowest BCUT2D eigenvalue weighted by Crippen LogP contribution is -2.23. The molecule has 0 aliphatic carbocycles.